The van der Waals surface area contributed by atoms with Crippen molar-refractivity contribution in [1.29, 1.82) is 0 Å². The van der Waals surface area contributed by atoms with Crippen LogP contribution in [0.3, 0.4) is 0 Å². The predicted octanol–water partition coefficient (Wildman–Crippen LogP) is 1.99. The summed E-state index contributed by atoms with van der Waals surface area (Å²) in [7, 11) is 1.58. The number of hydrogen-bond donors (Lipinski definition) is 0. The van der Waals surface area contributed by atoms with Crippen molar-refractivity contribution in [2.75, 3.05) is 18.7 Å². The first-order valence-corrected chi connectivity index (χ1v) is 6.75. The lowest BCUT2D eigenvalue weighted by molar-refractivity contribution is -0.145. The van der Waals surface area contributed by atoms with Gasteiger partial charge in [-0.3, -0.25) is 9.59 Å². The van der Waals surface area contributed by atoms with E-state index in [9.17, 15) is 9.59 Å². The number of amides is 1. The average molecular weight is 290 g/mol. The molecule has 2 rings (SSSR count). The minimum Gasteiger partial charge on any atom is -0.497 e. The second kappa shape index (κ2) is 6.39. The van der Waals surface area contributed by atoms with E-state index in [1.807, 2.05) is 0 Å². The van der Waals surface area contributed by atoms with Crippen molar-refractivity contribution in [2.45, 2.75) is 20.3 Å². The largest absolute Gasteiger partial charge is 0.497 e. The zero-order valence-electron chi connectivity index (χ0n) is 12.3. The molecule has 6 nitrogen and oxygen atoms in total. The van der Waals surface area contributed by atoms with Crippen LogP contribution in [0.15, 0.2) is 29.4 Å². The van der Waals surface area contributed by atoms with Gasteiger partial charge in [0.15, 0.2) is 0 Å². The zero-order chi connectivity index (χ0) is 15.4. The van der Waals surface area contributed by atoms with Crippen molar-refractivity contribution in [2.24, 2.45) is 11.0 Å². The smallest absolute Gasteiger partial charge is 0.306 e. The first-order chi connectivity index (χ1) is 10.1. The van der Waals surface area contributed by atoms with Crippen LogP contribution in [0.4, 0.5) is 5.69 Å². The van der Waals surface area contributed by atoms with Gasteiger partial charge in [-0.05, 0) is 38.1 Å². The van der Waals surface area contributed by atoms with E-state index in [-0.39, 0.29) is 18.3 Å². The molecule has 0 aliphatic carbocycles. The Bertz CT molecular complexity index is 566. The number of nitrogens with zero attached hydrogens (tertiary/aromatic N) is 2. The topological polar surface area (TPSA) is 68.2 Å². The molecule has 1 aliphatic rings. The van der Waals surface area contributed by atoms with E-state index in [0.717, 1.165) is 0 Å². The molecular formula is C15H18N2O4. The maximum Gasteiger partial charge on any atom is 0.306 e. The summed E-state index contributed by atoms with van der Waals surface area (Å²) in [5.74, 6) is -0.451. The molecule has 1 amide bonds. The van der Waals surface area contributed by atoms with Gasteiger partial charge in [0.05, 0.1) is 31.7 Å². The number of carbonyl (C=O) groups is 2. The van der Waals surface area contributed by atoms with E-state index < -0.39 is 5.92 Å². The lowest BCUT2D eigenvalue weighted by Crippen LogP contribution is -2.29. The SMILES string of the molecule is CCOC(=O)CC1C(=O)N(c2ccc(OC)cc2)N=C1C. The summed E-state index contributed by atoms with van der Waals surface area (Å²) in [5, 5.41) is 5.56. The zero-order valence-corrected chi connectivity index (χ0v) is 12.3. The standard InChI is InChI=1S/C15H18N2O4/c1-4-21-14(18)9-13-10(2)16-17(15(13)19)11-5-7-12(20-3)8-6-11/h5-8,13H,4,9H2,1-3H3. The van der Waals surface area contributed by atoms with E-state index in [0.29, 0.717) is 23.8 Å². The second-order valence-electron chi connectivity index (χ2n) is 4.65. The van der Waals surface area contributed by atoms with Gasteiger partial charge in [0.25, 0.3) is 5.91 Å². The van der Waals surface area contributed by atoms with Gasteiger partial charge in [0, 0.05) is 5.71 Å². The number of carbonyl (C=O) groups excluding carboxylic acids is 2. The predicted molar refractivity (Wildman–Crippen MR) is 78.3 cm³/mol. The average Bonchev–Trinajstić information content (AvgIpc) is 2.76. The van der Waals surface area contributed by atoms with Crippen LogP contribution in [-0.4, -0.2) is 31.3 Å². The summed E-state index contributed by atoms with van der Waals surface area (Å²) in [6.45, 7) is 3.78. The molecule has 1 unspecified atom stereocenters. The molecule has 0 bridgehead atoms. The number of anilines is 1. The van der Waals surface area contributed by atoms with Crippen LogP contribution in [0.5, 0.6) is 5.75 Å². The van der Waals surface area contributed by atoms with Crippen LogP contribution in [0.1, 0.15) is 20.3 Å². The first-order valence-electron chi connectivity index (χ1n) is 6.75. The molecule has 0 radical (unpaired) electrons. The number of esters is 1. The van der Waals surface area contributed by atoms with Crippen molar-refractivity contribution < 1.29 is 19.1 Å². The number of methoxy groups -OCH3 is 1. The van der Waals surface area contributed by atoms with Gasteiger partial charge in [0.2, 0.25) is 0 Å². The van der Waals surface area contributed by atoms with Crippen LogP contribution in [0.2, 0.25) is 0 Å². The fourth-order valence-corrected chi connectivity index (χ4v) is 2.13. The van der Waals surface area contributed by atoms with Gasteiger partial charge in [-0.1, -0.05) is 0 Å². The Morgan fingerprint density at radius 1 is 1.33 bits per heavy atom. The Morgan fingerprint density at radius 2 is 2.00 bits per heavy atom. The fourth-order valence-electron chi connectivity index (χ4n) is 2.13. The van der Waals surface area contributed by atoms with Gasteiger partial charge in [-0.25, -0.2) is 5.01 Å². The normalized spacial score (nSPS) is 17.7. The summed E-state index contributed by atoms with van der Waals surface area (Å²) in [5.41, 5.74) is 1.26. The Labute approximate surface area is 123 Å². The van der Waals surface area contributed by atoms with Crippen LogP contribution < -0.4 is 9.75 Å². The summed E-state index contributed by atoms with van der Waals surface area (Å²) in [4.78, 5) is 23.9. The third kappa shape index (κ3) is 3.21. The molecule has 0 fully saturated rings. The third-order valence-corrected chi connectivity index (χ3v) is 3.26. The maximum atomic E-state index is 12.4. The van der Waals surface area contributed by atoms with E-state index in [1.165, 1.54) is 5.01 Å². The third-order valence-electron chi connectivity index (χ3n) is 3.26. The molecule has 1 aliphatic heterocycles. The summed E-state index contributed by atoms with van der Waals surface area (Å²) in [6.07, 6.45) is 0.0225. The lowest BCUT2D eigenvalue weighted by atomic mass is 10.0. The quantitative estimate of drug-likeness (QED) is 0.778. The summed E-state index contributed by atoms with van der Waals surface area (Å²) >= 11 is 0. The summed E-state index contributed by atoms with van der Waals surface area (Å²) < 4.78 is 9.97. The maximum absolute atomic E-state index is 12.4. The van der Waals surface area contributed by atoms with E-state index in [2.05, 4.69) is 5.10 Å². The Kier molecular flexibility index (Phi) is 4.57. The number of hydrogen-bond acceptors (Lipinski definition) is 5. The molecule has 0 aromatic heterocycles. The van der Waals surface area contributed by atoms with Crippen molar-refractivity contribution in [3.63, 3.8) is 0 Å². The highest BCUT2D eigenvalue weighted by molar-refractivity contribution is 6.16. The molecule has 0 saturated carbocycles. The molecule has 0 spiro atoms. The van der Waals surface area contributed by atoms with Gasteiger partial charge < -0.3 is 9.47 Å². The van der Waals surface area contributed by atoms with Crippen molar-refractivity contribution in [1.82, 2.24) is 0 Å². The Balaban J connectivity index is 2.13. The Morgan fingerprint density at radius 3 is 2.57 bits per heavy atom. The molecule has 112 valence electrons. The molecule has 1 aromatic carbocycles. The first kappa shape index (κ1) is 15.0. The van der Waals surface area contributed by atoms with Crippen LogP contribution >= 0.6 is 0 Å². The molecule has 21 heavy (non-hydrogen) atoms. The van der Waals surface area contributed by atoms with E-state index in [1.54, 1.807) is 45.2 Å². The molecule has 0 saturated heterocycles. The van der Waals surface area contributed by atoms with Crippen LogP contribution in [-0.2, 0) is 14.3 Å². The molecule has 6 heteroatoms. The number of rotatable bonds is 5. The number of hydrazone groups is 1. The lowest BCUT2D eigenvalue weighted by Gasteiger charge is -2.14. The number of benzene rings is 1. The van der Waals surface area contributed by atoms with Crippen molar-refractivity contribution in [3.05, 3.63) is 24.3 Å². The number of ether oxygens (including phenoxy) is 2. The minimum absolute atomic E-state index is 0.0225. The molecular weight excluding hydrogens is 272 g/mol. The van der Waals surface area contributed by atoms with Gasteiger partial charge in [-0.15, -0.1) is 0 Å². The molecule has 1 aromatic rings. The van der Waals surface area contributed by atoms with E-state index in [4.69, 9.17) is 9.47 Å². The van der Waals surface area contributed by atoms with Gasteiger partial charge in [0.1, 0.15) is 5.75 Å². The summed E-state index contributed by atoms with van der Waals surface area (Å²) in [6, 6.07) is 7.01. The highest BCUT2D eigenvalue weighted by atomic mass is 16.5. The highest BCUT2D eigenvalue weighted by Gasteiger charge is 2.36. The minimum atomic E-state index is -0.550. The second-order valence-corrected chi connectivity index (χ2v) is 4.65. The van der Waals surface area contributed by atoms with Gasteiger partial charge in [-0.2, -0.15) is 5.10 Å². The van der Waals surface area contributed by atoms with E-state index >= 15 is 0 Å². The van der Waals surface area contributed by atoms with Gasteiger partial charge >= 0.3 is 5.97 Å². The monoisotopic (exact) mass is 290 g/mol. The van der Waals surface area contributed by atoms with Crippen molar-refractivity contribution in [3.8, 4) is 5.75 Å². The molecule has 0 N–H and O–H groups in total. The van der Waals surface area contributed by atoms with Crippen molar-refractivity contribution >= 4 is 23.3 Å². The highest BCUT2D eigenvalue weighted by Crippen LogP contribution is 2.27. The Hall–Kier alpha value is -2.37. The van der Waals surface area contributed by atoms with Crippen LogP contribution in [0, 0.1) is 5.92 Å². The molecule has 1 heterocycles. The molecule has 1 atom stereocenters. The van der Waals surface area contributed by atoms with Crippen LogP contribution in [0.25, 0.3) is 0 Å². The fraction of sp³-hybridized carbons (Fsp3) is 0.400.